The van der Waals surface area contributed by atoms with Gasteiger partial charge in [-0.2, -0.15) is 0 Å². The van der Waals surface area contributed by atoms with E-state index < -0.39 is 0 Å². The van der Waals surface area contributed by atoms with Crippen molar-refractivity contribution in [3.63, 3.8) is 0 Å². The number of rotatable bonds is 6. The highest BCUT2D eigenvalue weighted by Crippen LogP contribution is 2.15. The van der Waals surface area contributed by atoms with Crippen molar-refractivity contribution in [3.05, 3.63) is 72.6 Å². The number of nitrogens with zero attached hydrogens (tertiary/aromatic N) is 2. The molecule has 0 aliphatic heterocycles. The van der Waals surface area contributed by atoms with Crippen LogP contribution in [0.4, 0.5) is 5.69 Å². The van der Waals surface area contributed by atoms with Gasteiger partial charge in [0.05, 0.1) is 0 Å². The molecule has 1 amide bonds. The van der Waals surface area contributed by atoms with Crippen molar-refractivity contribution in [1.82, 2.24) is 10.3 Å². The quantitative estimate of drug-likeness (QED) is 0.828. The molecule has 0 fully saturated rings. The van der Waals surface area contributed by atoms with Gasteiger partial charge in [-0.15, -0.1) is 6.58 Å². The minimum Gasteiger partial charge on any atom is -0.370 e. The topological polar surface area (TPSA) is 45.2 Å². The van der Waals surface area contributed by atoms with Crippen LogP contribution in [0.25, 0.3) is 0 Å². The number of nitrogens with one attached hydrogen (secondary N) is 1. The zero-order chi connectivity index (χ0) is 15.1. The fourth-order valence-electron chi connectivity index (χ4n) is 1.98. The summed E-state index contributed by atoms with van der Waals surface area (Å²) in [4.78, 5) is 18.1. The van der Waals surface area contributed by atoms with Crippen molar-refractivity contribution >= 4 is 11.6 Å². The van der Waals surface area contributed by atoms with Crippen molar-refractivity contribution in [3.8, 4) is 0 Å². The molecule has 0 unspecified atom stereocenters. The fourth-order valence-corrected chi connectivity index (χ4v) is 1.98. The molecule has 108 valence electrons. The summed E-state index contributed by atoms with van der Waals surface area (Å²) in [5.74, 6) is -0.190. The van der Waals surface area contributed by atoms with Crippen molar-refractivity contribution in [2.45, 2.75) is 6.54 Å². The molecule has 2 aromatic rings. The lowest BCUT2D eigenvalue weighted by molar-refractivity contribution is 0.0953. The smallest absolute Gasteiger partial charge is 0.270 e. The lowest BCUT2D eigenvalue weighted by atomic mass is 10.2. The van der Waals surface area contributed by atoms with E-state index in [1.807, 2.05) is 31.3 Å². The molecule has 0 aliphatic rings. The Bertz CT molecular complexity index is 610. The summed E-state index contributed by atoms with van der Waals surface area (Å²) in [6.45, 7) is 4.79. The number of benzene rings is 1. The van der Waals surface area contributed by atoms with Crippen molar-refractivity contribution in [1.29, 1.82) is 0 Å². The Hall–Kier alpha value is -2.62. The molecule has 0 radical (unpaired) electrons. The molecule has 2 rings (SSSR count). The third kappa shape index (κ3) is 4.18. The van der Waals surface area contributed by atoms with E-state index in [4.69, 9.17) is 0 Å². The van der Waals surface area contributed by atoms with Crippen LogP contribution in [0.15, 0.2) is 61.3 Å². The highest BCUT2D eigenvalue weighted by molar-refractivity contribution is 5.93. The van der Waals surface area contributed by atoms with E-state index in [-0.39, 0.29) is 5.91 Å². The maximum absolute atomic E-state index is 11.9. The normalized spacial score (nSPS) is 9.95. The second-order valence-corrected chi connectivity index (χ2v) is 4.74. The van der Waals surface area contributed by atoms with Gasteiger partial charge in [0.15, 0.2) is 0 Å². The highest BCUT2D eigenvalue weighted by Gasteiger charge is 2.09. The highest BCUT2D eigenvalue weighted by atomic mass is 16.1. The minimum atomic E-state index is -0.190. The number of hydrogen-bond acceptors (Lipinski definition) is 3. The van der Waals surface area contributed by atoms with Crippen LogP contribution in [0.3, 0.4) is 0 Å². The average Bonchev–Trinajstić information content (AvgIpc) is 2.53. The first-order valence-electron chi connectivity index (χ1n) is 6.81. The Labute approximate surface area is 125 Å². The molecule has 0 spiro atoms. The van der Waals surface area contributed by atoms with E-state index in [2.05, 4.69) is 33.9 Å². The first-order valence-corrected chi connectivity index (χ1v) is 6.81. The van der Waals surface area contributed by atoms with Gasteiger partial charge >= 0.3 is 0 Å². The zero-order valence-electron chi connectivity index (χ0n) is 12.1. The monoisotopic (exact) mass is 281 g/mol. The predicted molar refractivity (Wildman–Crippen MR) is 85.3 cm³/mol. The fraction of sp³-hybridized carbons (Fsp3) is 0.176. The molecule has 0 bridgehead atoms. The Morgan fingerprint density at radius 1 is 1.33 bits per heavy atom. The van der Waals surface area contributed by atoms with E-state index in [0.717, 1.165) is 12.2 Å². The van der Waals surface area contributed by atoms with E-state index >= 15 is 0 Å². The van der Waals surface area contributed by atoms with Crippen molar-refractivity contribution < 1.29 is 4.79 Å². The Morgan fingerprint density at radius 3 is 2.81 bits per heavy atom. The number of hydrogen-bond donors (Lipinski definition) is 1. The maximum atomic E-state index is 11.9. The van der Waals surface area contributed by atoms with E-state index in [1.165, 1.54) is 5.56 Å². The lowest BCUT2D eigenvalue weighted by Gasteiger charge is -2.19. The van der Waals surface area contributed by atoms with Crippen LogP contribution in [-0.4, -0.2) is 24.5 Å². The molecule has 0 saturated carbocycles. The maximum Gasteiger partial charge on any atom is 0.270 e. The molecule has 1 N–H and O–H groups in total. The molecular formula is C17H19N3O. The molecule has 4 nitrogen and oxygen atoms in total. The van der Waals surface area contributed by atoms with Crippen LogP contribution in [0.1, 0.15) is 16.1 Å². The van der Waals surface area contributed by atoms with Crippen LogP contribution in [0.5, 0.6) is 0 Å². The second kappa shape index (κ2) is 7.24. The number of amides is 1. The zero-order valence-corrected chi connectivity index (χ0v) is 12.1. The van der Waals surface area contributed by atoms with Crippen molar-refractivity contribution in [2.24, 2.45) is 0 Å². The number of aromatic nitrogens is 1. The van der Waals surface area contributed by atoms with E-state index in [1.54, 1.807) is 18.3 Å². The first kappa shape index (κ1) is 14.8. The molecule has 1 heterocycles. The van der Waals surface area contributed by atoms with Gasteiger partial charge in [-0.3, -0.25) is 9.78 Å². The van der Waals surface area contributed by atoms with Crippen molar-refractivity contribution in [2.75, 3.05) is 18.5 Å². The van der Waals surface area contributed by atoms with Crippen LogP contribution in [0.2, 0.25) is 0 Å². The molecule has 1 aromatic carbocycles. The summed E-state index contributed by atoms with van der Waals surface area (Å²) < 4.78 is 0. The molecule has 4 heteroatoms. The van der Waals surface area contributed by atoms with Crippen LogP contribution in [-0.2, 0) is 6.54 Å². The van der Waals surface area contributed by atoms with Gasteiger partial charge in [0.1, 0.15) is 5.69 Å². The second-order valence-electron chi connectivity index (χ2n) is 4.74. The lowest BCUT2D eigenvalue weighted by Crippen LogP contribution is -2.25. The SMILES string of the molecule is C=CCNC(=O)c1cc(N(C)Cc2ccccc2)ccn1. The van der Waals surface area contributed by atoms with Gasteiger partial charge in [-0.1, -0.05) is 36.4 Å². The summed E-state index contributed by atoms with van der Waals surface area (Å²) in [5, 5.41) is 2.73. The standard InChI is InChI=1S/C17H19N3O/c1-3-10-19-17(21)16-12-15(9-11-18-16)20(2)13-14-7-5-4-6-8-14/h3-9,11-12H,1,10,13H2,2H3,(H,19,21). The summed E-state index contributed by atoms with van der Waals surface area (Å²) >= 11 is 0. The van der Waals surface area contributed by atoms with E-state index in [9.17, 15) is 4.79 Å². The predicted octanol–water partition coefficient (Wildman–Crippen LogP) is 2.63. The Morgan fingerprint density at radius 2 is 2.10 bits per heavy atom. The Balaban J connectivity index is 2.09. The minimum absolute atomic E-state index is 0.190. The molecule has 1 aromatic heterocycles. The molecule has 0 aliphatic carbocycles. The largest absolute Gasteiger partial charge is 0.370 e. The van der Waals surface area contributed by atoms with Gasteiger partial charge in [0.25, 0.3) is 5.91 Å². The van der Waals surface area contributed by atoms with Gasteiger partial charge in [-0.05, 0) is 17.7 Å². The van der Waals surface area contributed by atoms with Crippen LogP contribution >= 0.6 is 0 Å². The first-order chi connectivity index (χ1) is 10.2. The summed E-state index contributed by atoms with van der Waals surface area (Å²) in [6.07, 6.45) is 3.29. The number of carbonyl (C=O) groups excluding carboxylic acids is 1. The third-order valence-electron chi connectivity index (χ3n) is 3.09. The molecule has 0 atom stereocenters. The third-order valence-corrected chi connectivity index (χ3v) is 3.09. The van der Waals surface area contributed by atoms with E-state index in [0.29, 0.717) is 12.2 Å². The average molecular weight is 281 g/mol. The molecule has 0 saturated heterocycles. The van der Waals surface area contributed by atoms with Gasteiger partial charge in [0.2, 0.25) is 0 Å². The number of pyridine rings is 1. The Kier molecular flexibility index (Phi) is 5.10. The van der Waals surface area contributed by atoms with Gasteiger partial charge in [-0.25, -0.2) is 0 Å². The van der Waals surface area contributed by atoms with Gasteiger partial charge in [0, 0.05) is 32.0 Å². The summed E-state index contributed by atoms with van der Waals surface area (Å²) in [7, 11) is 1.99. The molecule has 21 heavy (non-hydrogen) atoms. The summed E-state index contributed by atoms with van der Waals surface area (Å²) in [6, 6.07) is 13.9. The summed E-state index contributed by atoms with van der Waals surface area (Å²) in [5.41, 5.74) is 2.58. The molecular weight excluding hydrogens is 262 g/mol. The number of anilines is 1. The number of carbonyl (C=O) groups is 1. The van der Waals surface area contributed by atoms with Crippen LogP contribution < -0.4 is 10.2 Å². The van der Waals surface area contributed by atoms with Gasteiger partial charge < -0.3 is 10.2 Å². The van der Waals surface area contributed by atoms with Crippen LogP contribution in [0, 0.1) is 0 Å².